The number of halogens is 4. The van der Waals surface area contributed by atoms with Crippen LogP contribution < -0.4 is 20.4 Å². The number of hydrogen-bond donors (Lipinski definition) is 2. The van der Waals surface area contributed by atoms with Crippen molar-refractivity contribution in [2.24, 2.45) is 0 Å². The van der Waals surface area contributed by atoms with Crippen LogP contribution in [0.25, 0.3) is 11.1 Å². The van der Waals surface area contributed by atoms with Crippen LogP contribution in [0.4, 0.5) is 40.0 Å². The Hall–Kier alpha value is -8.93. The molecule has 2 amide bonds. The van der Waals surface area contributed by atoms with Gasteiger partial charge in [-0.25, -0.2) is 0 Å². The van der Waals surface area contributed by atoms with E-state index in [2.05, 4.69) is 20.1 Å². The second kappa shape index (κ2) is 23.5. The minimum Gasteiger partial charge on any atom is -0.466 e. The third-order valence-electron chi connectivity index (χ3n) is 12.4. The quantitative estimate of drug-likeness (QED) is 0.0788. The van der Waals surface area contributed by atoms with Crippen molar-refractivity contribution >= 4 is 84.0 Å². The lowest BCUT2D eigenvalue weighted by molar-refractivity contribution is -0.357. The Bertz CT molecular complexity index is 3130. The predicted octanol–water partition coefficient (Wildman–Crippen LogP) is 10.0. The number of para-hydroxylation sites is 2. The van der Waals surface area contributed by atoms with E-state index in [0.717, 1.165) is 29.3 Å². The maximum atomic E-state index is 15.1. The Kier molecular flexibility index (Phi) is 17.0. The van der Waals surface area contributed by atoms with Gasteiger partial charge in [-0.1, -0.05) is 36.4 Å². The molecule has 0 saturated carbocycles. The molecule has 0 atom stereocenters. The number of carbonyl (C=O) groups excluding carboxylic acids is 4. The first-order valence-corrected chi connectivity index (χ1v) is 24.4. The van der Waals surface area contributed by atoms with E-state index in [-0.39, 0.29) is 23.8 Å². The van der Waals surface area contributed by atoms with Crippen molar-refractivity contribution in [3.8, 4) is 0 Å². The first-order chi connectivity index (χ1) is 36.3. The van der Waals surface area contributed by atoms with E-state index < -0.39 is 13.9 Å². The maximum absolute atomic E-state index is 15.1. The summed E-state index contributed by atoms with van der Waals surface area (Å²) in [4.78, 5) is 49.5. The molecule has 4 aromatic carbocycles. The molecule has 4 aliphatic heterocycles. The van der Waals surface area contributed by atoms with Crippen molar-refractivity contribution in [2.45, 2.75) is 27.7 Å². The van der Waals surface area contributed by atoms with Crippen molar-refractivity contribution in [3.63, 3.8) is 0 Å². The summed E-state index contributed by atoms with van der Waals surface area (Å²) in [5, 5.41) is 5.93. The number of aromatic nitrogens is 2. The maximum Gasteiger partial charge on any atom is 0.737 e. The highest BCUT2D eigenvalue weighted by Gasteiger charge is 2.53. The fraction of sp³-hybridized carbons (Fsp3) is 0.179. The summed E-state index contributed by atoms with van der Waals surface area (Å²) >= 11 is 0. The van der Waals surface area contributed by atoms with Crippen LogP contribution in [0.1, 0.15) is 70.9 Å². The zero-order valence-electron chi connectivity index (χ0n) is 43.4. The molecule has 0 saturated heterocycles. The molecule has 0 aliphatic carbocycles. The highest BCUT2D eigenvalue weighted by atomic mass is 19.3. The molecule has 6 heterocycles. The number of benzene rings is 4. The highest BCUT2D eigenvalue weighted by Crippen LogP contribution is 2.42. The molecular formula is C56H58B2F4N8O6. The summed E-state index contributed by atoms with van der Waals surface area (Å²) < 4.78 is 73.1. The lowest BCUT2D eigenvalue weighted by atomic mass is 9.86. The van der Waals surface area contributed by atoms with E-state index in [4.69, 9.17) is 0 Å². The minimum absolute atomic E-state index is 0.211. The molecule has 0 spiro atoms. The van der Waals surface area contributed by atoms with Gasteiger partial charge in [-0.05, 0) is 111 Å². The third-order valence-corrected chi connectivity index (χ3v) is 12.4. The van der Waals surface area contributed by atoms with Crippen LogP contribution in [0.2, 0.25) is 0 Å². The van der Waals surface area contributed by atoms with Crippen LogP contribution >= 0.6 is 0 Å². The standard InChI is InChI=1S/2C24H21BF2N4O.2C4H8O2/c2*1-29(2)18-13-11-17(12-14-18)24(32)28-20-8-4-3-7-19(20)23-21-9-5-15-30(21)25(26,27)31-16-6-10-22(23)31;2*1-3-6-4(2)5/h2*3-16H,1-2H3,(H,28,32);2*3H2,1-2H3. The van der Waals surface area contributed by atoms with Crippen molar-refractivity contribution in [3.05, 3.63) is 203 Å². The van der Waals surface area contributed by atoms with Gasteiger partial charge < -0.3 is 65.1 Å². The first-order valence-electron chi connectivity index (χ1n) is 24.4. The average molecular weight is 1040 g/mol. The molecule has 4 aliphatic rings. The van der Waals surface area contributed by atoms with Gasteiger partial charge in [-0.15, -0.1) is 0 Å². The average Bonchev–Trinajstić information content (AvgIpc) is 4.29. The molecule has 2 aromatic heterocycles. The van der Waals surface area contributed by atoms with E-state index in [1.807, 2.05) is 98.7 Å². The van der Waals surface area contributed by atoms with Gasteiger partial charge in [0.25, 0.3) is 11.8 Å². The monoisotopic (exact) mass is 1040 g/mol. The molecule has 392 valence electrons. The zero-order valence-corrected chi connectivity index (χ0v) is 43.4. The molecule has 0 radical (unpaired) electrons. The number of allylic oxidation sites excluding steroid dienone is 4. The van der Waals surface area contributed by atoms with E-state index in [1.165, 1.54) is 38.7 Å². The number of fused-ring (bicyclic) bond motifs is 4. The SMILES string of the molecule is CCOC(C)=O.CCOC(C)=O.CN(C)c1ccc(C(=O)Nc2ccccc2C2=C3C=CC=[N+]3[B-](F)(F)n3cccc32)cc1.CN(C)c1ccc(C(=O)Nc2ccccc2C2=C3C=CC=[N+]3[B-](F)(F)n3cccc32)cc1. The fourth-order valence-electron chi connectivity index (χ4n) is 8.83. The summed E-state index contributed by atoms with van der Waals surface area (Å²) in [6.07, 6.45) is 12.2. The number of nitrogens with one attached hydrogen (secondary N) is 2. The highest BCUT2D eigenvalue weighted by molar-refractivity contribution is 6.58. The van der Waals surface area contributed by atoms with Crippen LogP contribution in [-0.4, -0.2) is 109 Å². The second-order valence-corrected chi connectivity index (χ2v) is 17.9. The first kappa shape index (κ1) is 54.8. The molecule has 0 bridgehead atoms. The Morgan fingerprint density at radius 1 is 0.526 bits per heavy atom. The van der Waals surface area contributed by atoms with Gasteiger partial charge in [0.1, 0.15) is 12.4 Å². The number of ether oxygens (including phenoxy) is 2. The number of amides is 2. The number of carbonyl (C=O) groups is 4. The minimum atomic E-state index is -3.97. The smallest absolute Gasteiger partial charge is 0.466 e. The lowest BCUT2D eigenvalue weighted by Gasteiger charge is -2.31. The van der Waals surface area contributed by atoms with Crippen LogP contribution in [-0.2, 0) is 19.1 Å². The molecule has 76 heavy (non-hydrogen) atoms. The van der Waals surface area contributed by atoms with Gasteiger partial charge in [-0.2, -0.15) is 0 Å². The summed E-state index contributed by atoms with van der Waals surface area (Å²) in [5.41, 5.74) is 8.43. The molecular weight excluding hydrogens is 978 g/mol. The van der Waals surface area contributed by atoms with Gasteiger partial charge in [0, 0.05) is 123 Å². The van der Waals surface area contributed by atoms with E-state index >= 15 is 17.3 Å². The van der Waals surface area contributed by atoms with E-state index in [1.54, 1.807) is 98.8 Å². The Balaban J connectivity index is 0.000000182. The zero-order chi connectivity index (χ0) is 54.9. The third kappa shape index (κ3) is 11.7. The van der Waals surface area contributed by atoms with Gasteiger partial charge in [0.2, 0.25) is 0 Å². The van der Waals surface area contributed by atoms with Crippen molar-refractivity contribution in [1.29, 1.82) is 0 Å². The molecule has 6 aromatic rings. The fourth-order valence-corrected chi connectivity index (χ4v) is 8.83. The second-order valence-electron chi connectivity index (χ2n) is 17.9. The summed E-state index contributed by atoms with van der Waals surface area (Å²) in [6, 6.07) is 35.7. The molecule has 14 nitrogen and oxygen atoms in total. The number of anilines is 4. The summed E-state index contributed by atoms with van der Waals surface area (Å²) in [7, 11) is 7.74. The van der Waals surface area contributed by atoms with E-state index in [0.29, 0.717) is 80.8 Å². The largest absolute Gasteiger partial charge is 0.737 e. The molecule has 20 heteroatoms. The van der Waals surface area contributed by atoms with Crippen LogP contribution in [0.3, 0.4) is 0 Å². The normalized spacial score (nSPS) is 14.5. The number of rotatable bonds is 10. The van der Waals surface area contributed by atoms with Crippen molar-refractivity contribution in [2.75, 3.05) is 61.8 Å². The van der Waals surface area contributed by atoms with Gasteiger partial charge in [0.05, 0.1) is 24.4 Å². The molecule has 0 fully saturated rings. The Morgan fingerprint density at radius 2 is 0.882 bits per heavy atom. The summed E-state index contributed by atoms with van der Waals surface area (Å²) in [5.74, 6) is -0.950. The Morgan fingerprint density at radius 3 is 1.20 bits per heavy atom. The Labute approximate surface area is 439 Å². The van der Waals surface area contributed by atoms with Crippen LogP contribution in [0, 0.1) is 0 Å². The van der Waals surface area contributed by atoms with Crippen molar-refractivity contribution in [1.82, 2.24) is 8.96 Å². The predicted molar refractivity (Wildman–Crippen MR) is 294 cm³/mol. The van der Waals surface area contributed by atoms with E-state index in [9.17, 15) is 19.2 Å². The number of hydrogen-bond acceptors (Lipinski definition) is 8. The summed E-state index contributed by atoms with van der Waals surface area (Å²) in [6.45, 7) is -0.638. The van der Waals surface area contributed by atoms with Gasteiger partial charge in [-0.3, -0.25) is 19.2 Å². The number of nitrogens with zero attached hydrogens (tertiary/aromatic N) is 6. The van der Waals surface area contributed by atoms with Crippen molar-refractivity contribution < 1.29 is 54.9 Å². The van der Waals surface area contributed by atoms with Crippen LogP contribution in [0.5, 0.6) is 0 Å². The van der Waals surface area contributed by atoms with Gasteiger partial charge in [0.15, 0.2) is 11.4 Å². The molecule has 2 N–H and O–H groups in total. The molecule has 0 unspecified atom stereocenters. The number of esters is 2. The molecule has 10 rings (SSSR count). The topological polar surface area (TPSA) is 133 Å². The van der Waals surface area contributed by atoms with Gasteiger partial charge >= 0.3 is 25.9 Å². The van der Waals surface area contributed by atoms with Crippen LogP contribution in [0.15, 0.2) is 169 Å². The lowest BCUT2D eigenvalue weighted by Crippen LogP contribution is -2.49.